The van der Waals surface area contributed by atoms with E-state index in [0.717, 1.165) is 22.8 Å². The van der Waals surface area contributed by atoms with Crippen LogP contribution in [-0.4, -0.2) is 30.6 Å². The molecular weight excluding hydrogens is 330 g/mol. The van der Waals surface area contributed by atoms with Crippen molar-refractivity contribution in [1.82, 2.24) is 10.6 Å². The smallest absolute Gasteiger partial charge is 0.191 e. The second kappa shape index (κ2) is 7.40. The lowest BCUT2D eigenvalue weighted by molar-refractivity contribution is 0.664. The summed E-state index contributed by atoms with van der Waals surface area (Å²) < 4.78 is 1.37. The Labute approximate surface area is 126 Å². The maximum Gasteiger partial charge on any atom is 0.191 e. The highest BCUT2D eigenvalue weighted by Gasteiger charge is 2.15. The molecule has 2 N–H and O–H groups in total. The number of hydrogen-bond acceptors (Lipinski definition) is 3. The van der Waals surface area contributed by atoms with Gasteiger partial charge in [0.15, 0.2) is 5.96 Å². The number of hydrogen-bond donors (Lipinski definition) is 2. The summed E-state index contributed by atoms with van der Waals surface area (Å²) >= 11 is 7.01. The van der Waals surface area contributed by atoms with Gasteiger partial charge in [0.05, 0.1) is 3.79 Å². The number of nitrogens with zero attached hydrogens (tertiary/aromatic N) is 1. The first-order valence-electron chi connectivity index (χ1n) is 5.69. The lowest BCUT2D eigenvalue weighted by Crippen LogP contribution is -2.42. The van der Waals surface area contributed by atoms with Gasteiger partial charge in [0.25, 0.3) is 0 Å². The van der Waals surface area contributed by atoms with Crippen LogP contribution in [0.5, 0.6) is 0 Å². The molecule has 0 spiro atoms. The number of rotatable bonds is 5. The molecule has 0 fully saturated rings. The summed E-state index contributed by atoms with van der Waals surface area (Å²) in [7, 11) is 1.80. The quantitative estimate of drug-likeness (QED) is 0.632. The highest BCUT2D eigenvalue weighted by molar-refractivity contribution is 9.11. The minimum Gasteiger partial charge on any atom is -0.355 e. The monoisotopic (exact) mass is 349 g/mol. The van der Waals surface area contributed by atoms with Crippen molar-refractivity contribution in [1.29, 1.82) is 0 Å². The molecule has 1 rings (SSSR count). The van der Waals surface area contributed by atoms with Crippen LogP contribution >= 0.6 is 39.0 Å². The number of aliphatic imine (C=N–C) groups is 1. The van der Waals surface area contributed by atoms with E-state index < -0.39 is 0 Å². The molecule has 1 aromatic rings. The zero-order chi connectivity index (χ0) is 13.6. The zero-order valence-electron chi connectivity index (χ0n) is 11.2. The second-order valence-electron chi connectivity index (χ2n) is 4.50. The molecule has 0 atom stereocenters. The van der Waals surface area contributed by atoms with Gasteiger partial charge in [-0.05, 0) is 53.0 Å². The molecular formula is C12H20BrN3S2. The minimum absolute atomic E-state index is 0.211. The fourth-order valence-electron chi connectivity index (χ4n) is 1.21. The fraction of sp³-hybridized carbons (Fsp3) is 0.583. The largest absolute Gasteiger partial charge is 0.355 e. The fourth-order valence-corrected chi connectivity index (χ4v) is 2.64. The molecule has 0 amide bonds. The van der Waals surface area contributed by atoms with E-state index in [0.29, 0.717) is 0 Å². The molecule has 102 valence electrons. The van der Waals surface area contributed by atoms with Gasteiger partial charge in [-0.3, -0.25) is 4.99 Å². The summed E-state index contributed by atoms with van der Waals surface area (Å²) in [5.74, 6) is 0.847. The summed E-state index contributed by atoms with van der Waals surface area (Å²) in [6.45, 7) is 6.12. The van der Waals surface area contributed by atoms with E-state index in [-0.39, 0.29) is 4.75 Å². The van der Waals surface area contributed by atoms with Gasteiger partial charge in [0, 0.05) is 24.9 Å². The van der Waals surface area contributed by atoms with Gasteiger partial charge in [-0.2, -0.15) is 11.8 Å². The Hall–Kier alpha value is -0.200. The molecule has 0 radical (unpaired) electrons. The zero-order valence-corrected chi connectivity index (χ0v) is 14.4. The molecule has 18 heavy (non-hydrogen) atoms. The van der Waals surface area contributed by atoms with Crippen molar-refractivity contribution in [2.45, 2.75) is 25.1 Å². The Morgan fingerprint density at radius 2 is 2.22 bits per heavy atom. The molecule has 0 aliphatic rings. The maximum absolute atomic E-state index is 4.22. The molecule has 0 bridgehead atoms. The van der Waals surface area contributed by atoms with Gasteiger partial charge >= 0.3 is 0 Å². The number of guanidine groups is 1. The summed E-state index contributed by atoms with van der Waals surface area (Å²) in [6.07, 6.45) is 2.13. The molecule has 1 heterocycles. The van der Waals surface area contributed by atoms with Crippen LogP contribution in [0.1, 0.15) is 19.4 Å². The number of halogens is 1. The van der Waals surface area contributed by atoms with Crippen LogP contribution in [0.15, 0.2) is 20.2 Å². The van der Waals surface area contributed by atoms with E-state index in [4.69, 9.17) is 0 Å². The van der Waals surface area contributed by atoms with Gasteiger partial charge in [-0.25, -0.2) is 0 Å². The van der Waals surface area contributed by atoms with E-state index in [1.807, 2.05) is 11.8 Å². The van der Waals surface area contributed by atoms with Crippen molar-refractivity contribution < 1.29 is 0 Å². The molecule has 0 aliphatic heterocycles. The van der Waals surface area contributed by atoms with E-state index in [1.165, 1.54) is 5.56 Å². The van der Waals surface area contributed by atoms with Gasteiger partial charge in [-0.15, -0.1) is 11.3 Å². The molecule has 0 saturated carbocycles. The third kappa shape index (κ3) is 5.63. The van der Waals surface area contributed by atoms with E-state index in [1.54, 1.807) is 18.4 Å². The Kier molecular flexibility index (Phi) is 6.52. The van der Waals surface area contributed by atoms with Crippen molar-refractivity contribution in [2.24, 2.45) is 4.99 Å². The average molecular weight is 350 g/mol. The molecule has 0 saturated heterocycles. The SMILES string of the molecule is CN=C(NCc1csc(Br)c1)NCC(C)(C)SC. The standard InChI is InChI=1S/C12H20BrN3S2/c1-12(2,17-4)8-16-11(14-3)15-6-9-5-10(13)18-7-9/h5,7H,6,8H2,1-4H3,(H2,14,15,16). The molecule has 6 heteroatoms. The summed E-state index contributed by atoms with van der Waals surface area (Å²) in [5, 5.41) is 8.79. The Balaban J connectivity index is 2.39. The highest BCUT2D eigenvalue weighted by Crippen LogP contribution is 2.20. The molecule has 0 aliphatic carbocycles. The van der Waals surface area contributed by atoms with E-state index >= 15 is 0 Å². The van der Waals surface area contributed by atoms with Crippen molar-refractivity contribution in [3.05, 3.63) is 20.8 Å². The third-order valence-corrected chi connectivity index (χ3v) is 5.34. The second-order valence-corrected chi connectivity index (χ2v) is 8.31. The molecule has 1 aromatic heterocycles. The lowest BCUT2D eigenvalue weighted by atomic mass is 10.2. The van der Waals surface area contributed by atoms with Crippen molar-refractivity contribution in [3.8, 4) is 0 Å². The van der Waals surface area contributed by atoms with Crippen LogP contribution < -0.4 is 10.6 Å². The first kappa shape index (κ1) is 15.9. The van der Waals surface area contributed by atoms with Gasteiger partial charge in [-0.1, -0.05) is 0 Å². The third-order valence-electron chi connectivity index (χ3n) is 2.54. The minimum atomic E-state index is 0.211. The van der Waals surface area contributed by atoms with Crippen molar-refractivity contribution in [2.75, 3.05) is 19.8 Å². The molecule has 0 unspecified atom stereocenters. The van der Waals surface area contributed by atoms with Gasteiger partial charge < -0.3 is 10.6 Å². The Bertz CT molecular complexity index is 402. The highest BCUT2D eigenvalue weighted by atomic mass is 79.9. The summed E-state index contributed by atoms with van der Waals surface area (Å²) in [6, 6.07) is 2.12. The van der Waals surface area contributed by atoms with E-state index in [2.05, 4.69) is 63.1 Å². The van der Waals surface area contributed by atoms with E-state index in [9.17, 15) is 0 Å². The first-order chi connectivity index (χ1) is 8.46. The van der Waals surface area contributed by atoms with Crippen LogP contribution in [-0.2, 0) is 6.54 Å². The summed E-state index contributed by atoms with van der Waals surface area (Å²) in [5.41, 5.74) is 1.26. The Morgan fingerprint density at radius 3 is 2.72 bits per heavy atom. The average Bonchev–Trinajstić information content (AvgIpc) is 2.75. The van der Waals surface area contributed by atoms with Gasteiger partial charge in [0.2, 0.25) is 0 Å². The predicted octanol–water partition coefficient (Wildman–Crippen LogP) is 3.32. The van der Waals surface area contributed by atoms with Crippen LogP contribution in [0, 0.1) is 0 Å². The topological polar surface area (TPSA) is 36.4 Å². The number of nitrogens with one attached hydrogen (secondary N) is 2. The van der Waals surface area contributed by atoms with Crippen molar-refractivity contribution >= 4 is 45.0 Å². The van der Waals surface area contributed by atoms with Crippen LogP contribution in [0.2, 0.25) is 0 Å². The number of thioether (sulfide) groups is 1. The maximum atomic E-state index is 4.22. The van der Waals surface area contributed by atoms with Crippen LogP contribution in [0.3, 0.4) is 0 Å². The molecule has 3 nitrogen and oxygen atoms in total. The summed E-state index contributed by atoms with van der Waals surface area (Å²) in [4.78, 5) is 4.22. The number of thiophene rings is 1. The van der Waals surface area contributed by atoms with Crippen LogP contribution in [0.25, 0.3) is 0 Å². The Morgan fingerprint density at radius 1 is 1.50 bits per heavy atom. The predicted molar refractivity (Wildman–Crippen MR) is 87.8 cm³/mol. The van der Waals surface area contributed by atoms with Gasteiger partial charge in [0.1, 0.15) is 0 Å². The lowest BCUT2D eigenvalue weighted by Gasteiger charge is -2.23. The molecule has 0 aromatic carbocycles. The van der Waals surface area contributed by atoms with Crippen LogP contribution in [0.4, 0.5) is 0 Å². The first-order valence-corrected chi connectivity index (χ1v) is 8.59. The normalized spacial score (nSPS) is 12.6. The van der Waals surface area contributed by atoms with Crippen molar-refractivity contribution in [3.63, 3.8) is 0 Å².